The molecular weight excluding hydrogens is 233 g/mol. The van der Waals surface area contributed by atoms with Crippen LogP contribution in [0.15, 0.2) is 12.4 Å². The second kappa shape index (κ2) is 3.65. The zero-order valence-electron chi connectivity index (χ0n) is 7.75. The number of aromatic nitrogens is 2. The summed E-state index contributed by atoms with van der Waals surface area (Å²) in [6, 6.07) is 1.98. The van der Waals surface area contributed by atoms with Gasteiger partial charge in [0.25, 0.3) is 0 Å². The summed E-state index contributed by atoms with van der Waals surface area (Å²) >= 11 is 12.0. The fourth-order valence-corrected chi connectivity index (χ4v) is 1.88. The number of rotatable bonds is 0. The lowest BCUT2D eigenvalue weighted by Crippen LogP contribution is -1.91. The Morgan fingerprint density at radius 1 is 1.27 bits per heavy atom. The van der Waals surface area contributed by atoms with Gasteiger partial charge in [-0.05, 0) is 12.5 Å². The van der Waals surface area contributed by atoms with E-state index in [4.69, 9.17) is 28.5 Å². The lowest BCUT2D eigenvalue weighted by molar-refractivity contribution is 1.26. The van der Waals surface area contributed by atoms with Crippen molar-refractivity contribution in [2.75, 3.05) is 0 Å². The second-order valence-corrected chi connectivity index (χ2v) is 3.79. The van der Waals surface area contributed by atoms with Gasteiger partial charge in [-0.3, -0.25) is 4.98 Å². The highest BCUT2D eigenvalue weighted by atomic mass is 35.5. The smallest absolute Gasteiger partial charge is 0.155 e. The standard InChI is InChI=1S/C10H5Cl2N3/c1-5-3-15-10(12)9-7(5)8(11)6(2-13)4-14-9/h3-4H,1H3. The molecule has 15 heavy (non-hydrogen) atoms. The summed E-state index contributed by atoms with van der Waals surface area (Å²) < 4.78 is 0. The maximum atomic E-state index is 8.82. The molecule has 0 aliphatic carbocycles. The van der Waals surface area contributed by atoms with Crippen molar-refractivity contribution in [3.8, 4) is 6.07 Å². The number of hydrogen-bond donors (Lipinski definition) is 0. The molecule has 0 atom stereocenters. The Balaban J connectivity index is 3.00. The van der Waals surface area contributed by atoms with Crippen LogP contribution in [0.2, 0.25) is 10.2 Å². The normalized spacial score (nSPS) is 10.3. The summed E-state index contributed by atoms with van der Waals surface area (Å²) in [6.45, 7) is 1.85. The van der Waals surface area contributed by atoms with Crippen LogP contribution < -0.4 is 0 Å². The Kier molecular flexibility index (Phi) is 2.47. The predicted octanol–water partition coefficient (Wildman–Crippen LogP) is 3.12. The molecule has 0 N–H and O–H groups in total. The summed E-state index contributed by atoms with van der Waals surface area (Å²) in [4.78, 5) is 8.04. The van der Waals surface area contributed by atoms with E-state index in [1.54, 1.807) is 6.20 Å². The van der Waals surface area contributed by atoms with Gasteiger partial charge in [-0.15, -0.1) is 0 Å². The predicted molar refractivity (Wildman–Crippen MR) is 59.0 cm³/mol. The molecule has 0 radical (unpaired) electrons. The first-order valence-electron chi connectivity index (χ1n) is 4.14. The Bertz CT molecular complexity index is 587. The molecule has 0 spiro atoms. The third-order valence-corrected chi connectivity index (χ3v) is 2.77. The molecule has 74 valence electrons. The molecule has 0 amide bonds. The van der Waals surface area contributed by atoms with Crippen LogP contribution in [0.3, 0.4) is 0 Å². The summed E-state index contributed by atoms with van der Waals surface area (Å²) in [5.41, 5.74) is 1.72. The Labute approximate surface area is 96.3 Å². The molecule has 0 aliphatic heterocycles. The van der Waals surface area contributed by atoms with Gasteiger partial charge in [0.1, 0.15) is 11.6 Å². The van der Waals surface area contributed by atoms with Crippen LogP contribution in [0, 0.1) is 18.3 Å². The summed E-state index contributed by atoms with van der Waals surface area (Å²) in [6.07, 6.45) is 3.01. The molecule has 0 unspecified atom stereocenters. The quantitative estimate of drug-likeness (QED) is 0.662. The fourth-order valence-electron chi connectivity index (χ4n) is 1.36. The van der Waals surface area contributed by atoms with Gasteiger partial charge in [-0.1, -0.05) is 23.2 Å². The average Bonchev–Trinajstić information content (AvgIpc) is 2.23. The average molecular weight is 238 g/mol. The van der Waals surface area contributed by atoms with Crippen LogP contribution >= 0.6 is 23.2 Å². The molecule has 0 saturated carbocycles. The van der Waals surface area contributed by atoms with E-state index in [1.165, 1.54) is 6.20 Å². The van der Waals surface area contributed by atoms with E-state index in [1.807, 2.05) is 13.0 Å². The Hall–Kier alpha value is -1.37. The molecular formula is C10H5Cl2N3. The summed E-state index contributed by atoms with van der Waals surface area (Å²) in [5, 5.41) is 10.2. The van der Waals surface area contributed by atoms with Crippen molar-refractivity contribution in [3.63, 3.8) is 0 Å². The van der Waals surface area contributed by atoms with Crippen LogP contribution in [-0.2, 0) is 0 Å². The van der Waals surface area contributed by atoms with Crippen molar-refractivity contribution in [2.45, 2.75) is 6.92 Å². The van der Waals surface area contributed by atoms with Crippen molar-refractivity contribution in [2.24, 2.45) is 0 Å². The molecule has 0 aromatic carbocycles. The minimum absolute atomic E-state index is 0.294. The minimum Gasteiger partial charge on any atom is -0.252 e. The van der Waals surface area contributed by atoms with Crippen LogP contribution in [-0.4, -0.2) is 9.97 Å². The molecule has 0 aliphatic rings. The first kappa shape index (κ1) is 10.2. The molecule has 2 aromatic rings. The van der Waals surface area contributed by atoms with Crippen molar-refractivity contribution in [3.05, 3.63) is 33.7 Å². The summed E-state index contributed by atoms with van der Waals surface area (Å²) in [7, 11) is 0. The van der Waals surface area contributed by atoms with E-state index >= 15 is 0 Å². The number of nitriles is 1. The van der Waals surface area contributed by atoms with Gasteiger partial charge in [0, 0.05) is 17.8 Å². The first-order chi connectivity index (χ1) is 7.15. The van der Waals surface area contributed by atoms with Crippen LogP contribution in [0.1, 0.15) is 11.1 Å². The molecule has 0 bridgehead atoms. The highest BCUT2D eigenvalue weighted by molar-refractivity contribution is 6.39. The molecule has 5 heteroatoms. The summed E-state index contributed by atoms with van der Waals surface area (Å²) in [5.74, 6) is 0. The highest BCUT2D eigenvalue weighted by Crippen LogP contribution is 2.30. The zero-order valence-corrected chi connectivity index (χ0v) is 9.26. The van der Waals surface area contributed by atoms with E-state index in [0.29, 0.717) is 26.6 Å². The maximum absolute atomic E-state index is 8.82. The Morgan fingerprint density at radius 2 is 2.00 bits per heavy atom. The van der Waals surface area contributed by atoms with Gasteiger partial charge in [0.15, 0.2) is 5.15 Å². The third-order valence-electron chi connectivity index (χ3n) is 2.10. The SMILES string of the molecule is Cc1cnc(Cl)c2ncc(C#N)c(Cl)c12. The van der Waals surface area contributed by atoms with E-state index in [2.05, 4.69) is 9.97 Å². The third kappa shape index (κ3) is 1.52. The Morgan fingerprint density at radius 3 is 2.67 bits per heavy atom. The van der Waals surface area contributed by atoms with Gasteiger partial charge in [0.05, 0.1) is 10.6 Å². The monoisotopic (exact) mass is 237 g/mol. The number of halogens is 2. The van der Waals surface area contributed by atoms with E-state index < -0.39 is 0 Å². The van der Waals surface area contributed by atoms with E-state index in [0.717, 1.165) is 5.56 Å². The fraction of sp³-hybridized carbons (Fsp3) is 0.100. The highest BCUT2D eigenvalue weighted by Gasteiger charge is 2.11. The van der Waals surface area contributed by atoms with Crippen molar-refractivity contribution < 1.29 is 0 Å². The first-order valence-corrected chi connectivity index (χ1v) is 4.90. The number of nitrogens with zero attached hydrogens (tertiary/aromatic N) is 3. The number of fused-ring (bicyclic) bond motifs is 1. The molecule has 2 heterocycles. The van der Waals surface area contributed by atoms with Crippen LogP contribution in [0.25, 0.3) is 10.9 Å². The van der Waals surface area contributed by atoms with Gasteiger partial charge in [-0.25, -0.2) is 4.98 Å². The van der Waals surface area contributed by atoms with Gasteiger partial charge < -0.3 is 0 Å². The van der Waals surface area contributed by atoms with E-state index in [9.17, 15) is 0 Å². The molecule has 0 saturated heterocycles. The van der Waals surface area contributed by atoms with Gasteiger partial charge >= 0.3 is 0 Å². The molecule has 3 nitrogen and oxygen atoms in total. The number of aryl methyl sites for hydroxylation is 1. The van der Waals surface area contributed by atoms with Gasteiger partial charge in [-0.2, -0.15) is 5.26 Å². The van der Waals surface area contributed by atoms with Gasteiger partial charge in [0.2, 0.25) is 0 Å². The topological polar surface area (TPSA) is 49.6 Å². The minimum atomic E-state index is 0.294. The van der Waals surface area contributed by atoms with Crippen molar-refractivity contribution >= 4 is 34.1 Å². The largest absolute Gasteiger partial charge is 0.252 e. The van der Waals surface area contributed by atoms with Crippen molar-refractivity contribution in [1.82, 2.24) is 9.97 Å². The van der Waals surface area contributed by atoms with Crippen LogP contribution in [0.5, 0.6) is 0 Å². The van der Waals surface area contributed by atoms with Crippen molar-refractivity contribution in [1.29, 1.82) is 5.26 Å². The number of pyridine rings is 2. The molecule has 0 fully saturated rings. The zero-order chi connectivity index (χ0) is 11.0. The lowest BCUT2D eigenvalue weighted by Gasteiger charge is -2.05. The maximum Gasteiger partial charge on any atom is 0.155 e. The lowest BCUT2D eigenvalue weighted by atomic mass is 10.1. The second-order valence-electron chi connectivity index (χ2n) is 3.05. The number of hydrogen-bond acceptors (Lipinski definition) is 3. The molecule has 2 rings (SSSR count). The van der Waals surface area contributed by atoms with E-state index in [-0.39, 0.29) is 0 Å². The molecule has 2 aromatic heterocycles. The van der Waals surface area contributed by atoms with Crippen LogP contribution in [0.4, 0.5) is 0 Å².